The lowest BCUT2D eigenvalue weighted by atomic mass is 10.0. The van der Waals surface area contributed by atoms with E-state index in [4.69, 9.17) is 10.5 Å². The van der Waals surface area contributed by atoms with Crippen molar-refractivity contribution in [1.29, 1.82) is 0 Å². The van der Waals surface area contributed by atoms with Crippen molar-refractivity contribution in [3.63, 3.8) is 0 Å². The van der Waals surface area contributed by atoms with Gasteiger partial charge in [-0.1, -0.05) is 12.1 Å². The molecule has 1 amide bonds. The first-order chi connectivity index (χ1) is 8.50. The number of nitrogens with one attached hydrogen (secondary N) is 1. The Morgan fingerprint density at radius 3 is 2.56 bits per heavy atom. The van der Waals surface area contributed by atoms with E-state index in [0.717, 1.165) is 6.54 Å². The summed E-state index contributed by atoms with van der Waals surface area (Å²) in [6, 6.07) is 4.41. The highest BCUT2D eigenvalue weighted by atomic mass is 16.5. The van der Waals surface area contributed by atoms with Crippen LogP contribution in [0.2, 0.25) is 0 Å². The van der Waals surface area contributed by atoms with E-state index in [-0.39, 0.29) is 6.61 Å². The molecule has 0 atom stereocenters. The number of primary amides is 1. The topological polar surface area (TPSA) is 64.3 Å². The summed E-state index contributed by atoms with van der Waals surface area (Å²) >= 11 is 0. The van der Waals surface area contributed by atoms with E-state index in [9.17, 15) is 4.79 Å². The van der Waals surface area contributed by atoms with Gasteiger partial charge in [0.1, 0.15) is 6.61 Å². The highest BCUT2D eigenvalue weighted by molar-refractivity contribution is 5.74. The summed E-state index contributed by atoms with van der Waals surface area (Å²) < 4.78 is 5.07. The molecule has 0 spiro atoms. The van der Waals surface area contributed by atoms with Crippen LogP contribution in [0.1, 0.15) is 22.3 Å². The van der Waals surface area contributed by atoms with Crippen LogP contribution in [0.15, 0.2) is 12.1 Å². The molecule has 0 saturated heterocycles. The van der Waals surface area contributed by atoms with Crippen LogP contribution in [-0.2, 0) is 16.1 Å². The summed E-state index contributed by atoms with van der Waals surface area (Å²) in [4.78, 5) is 10.4. The zero-order valence-electron chi connectivity index (χ0n) is 11.4. The van der Waals surface area contributed by atoms with E-state index in [1.165, 1.54) is 22.3 Å². The van der Waals surface area contributed by atoms with E-state index in [2.05, 4.69) is 38.2 Å². The van der Waals surface area contributed by atoms with E-state index in [1.54, 1.807) is 0 Å². The molecular formula is C14H22N2O2. The van der Waals surface area contributed by atoms with Gasteiger partial charge in [-0.2, -0.15) is 0 Å². The number of rotatable bonds is 7. The fourth-order valence-corrected chi connectivity index (χ4v) is 1.75. The highest BCUT2D eigenvalue weighted by Gasteiger charge is 2.01. The first-order valence-electron chi connectivity index (χ1n) is 6.14. The van der Waals surface area contributed by atoms with Crippen LogP contribution in [0.5, 0.6) is 0 Å². The number of nitrogens with two attached hydrogens (primary N) is 1. The molecule has 0 bridgehead atoms. The quantitative estimate of drug-likeness (QED) is 0.715. The minimum absolute atomic E-state index is 0.00958. The summed E-state index contributed by atoms with van der Waals surface area (Å²) in [5.41, 5.74) is 10.2. The van der Waals surface area contributed by atoms with Crippen molar-refractivity contribution in [2.24, 2.45) is 5.73 Å². The number of ether oxygens (including phenoxy) is 1. The summed E-state index contributed by atoms with van der Waals surface area (Å²) in [7, 11) is 0. The van der Waals surface area contributed by atoms with Crippen molar-refractivity contribution in [2.45, 2.75) is 27.3 Å². The van der Waals surface area contributed by atoms with Gasteiger partial charge in [0, 0.05) is 13.1 Å². The Morgan fingerprint density at radius 1 is 1.22 bits per heavy atom. The first-order valence-corrected chi connectivity index (χ1v) is 6.14. The molecule has 1 aromatic rings. The number of carbonyl (C=O) groups is 1. The van der Waals surface area contributed by atoms with Crippen molar-refractivity contribution < 1.29 is 9.53 Å². The first kappa shape index (κ1) is 14.7. The van der Waals surface area contributed by atoms with Crippen LogP contribution in [0.3, 0.4) is 0 Å². The monoisotopic (exact) mass is 250 g/mol. The van der Waals surface area contributed by atoms with E-state index >= 15 is 0 Å². The van der Waals surface area contributed by atoms with Crippen LogP contribution >= 0.6 is 0 Å². The number of benzene rings is 1. The summed E-state index contributed by atoms with van der Waals surface area (Å²) in [6.07, 6.45) is 0. The van der Waals surface area contributed by atoms with Gasteiger partial charge < -0.3 is 15.8 Å². The predicted octanol–water partition coefficient (Wildman–Crippen LogP) is 1.20. The molecular weight excluding hydrogens is 228 g/mol. The Labute approximate surface area is 109 Å². The van der Waals surface area contributed by atoms with E-state index < -0.39 is 5.91 Å². The molecule has 4 heteroatoms. The van der Waals surface area contributed by atoms with Gasteiger partial charge in [-0.05, 0) is 43.0 Å². The average Bonchev–Trinajstić information content (AvgIpc) is 2.29. The molecule has 0 aliphatic carbocycles. The Balaban J connectivity index is 2.31. The van der Waals surface area contributed by atoms with E-state index in [1.807, 2.05) is 0 Å². The normalized spacial score (nSPS) is 10.6. The molecule has 4 nitrogen and oxygen atoms in total. The Morgan fingerprint density at radius 2 is 1.89 bits per heavy atom. The molecule has 0 saturated carbocycles. The van der Waals surface area contributed by atoms with Gasteiger partial charge in [0.15, 0.2) is 0 Å². The molecule has 0 radical (unpaired) electrons. The van der Waals surface area contributed by atoms with Crippen LogP contribution < -0.4 is 11.1 Å². The third-order valence-corrected chi connectivity index (χ3v) is 2.94. The maximum absolute atomic E-state index is 10.4. The zero-order chi connectivity index (χ0) is 13.5. The van der Waals surface area contributed by atoms with Crippen molar-refractivity contribution >= 4 is 5.91 Å². The predicted molar refractivity (Wildman–Crippen MR) is 72.4 cm³/mol. The third kappa shape index (κ3) is 4.85. The average molecular weight is 250 g/mol. The van der Waals surface area contributed by atoms with Crippen LogP contribution in [0.4, 0.5) is 0 Å². The molecule has 0 aliphatic heterocycles. The second-order valence-electron chi connectivity index (χ2n) is 4.56. The number of aryl methyl sites for hydroxylation is 3. The minimum Gasteiger partial charge on any atom is -0.370 e. The standard InChI is InChI=1S/C14H22N2O2/c1-10-6-12(3)13(7-11(10)2)8-16-4-5-18-9-14(15)17/h6-7,16H,4-5,8-9H2,1-3H3,(H2,15,17). The van der Waals surface area contributed by atoms with Crippen LogP contribution in [-0.4, -0.2) is 25.7 Å². The van der Waals surface area contributed by atoms with Crippen LogP contribution in [0, 0.1) is 20.8 Å². The molecule has 0 heterocycles. The van der Waals surface area contributed by atoms with E-state index in [0.29, 0.717) is 13.2 Å². The van der Waals surface area contributed by atoms with Crippen molar-refractivity contribution in [3.8, 4) is 0 Å². The van der Waals surface area contributed by atoms with Gasteiger partial charge in [-0.15, -0.1) is 0 Å². The second-order valence-corrected chi connectivity index (χ2v) is 4.56. The molecule has 0 aliphatic rings. The Kier molecular flexibility index (Phi) is 5.82. The highest BCUT2D eigenvalue weighted by Crippen LogP contribution is 2.14. The lowest BCUT2D eigenvalue weighted by Crippen LogP contribution is -2.24. The van der Waals surface area contributed by atoms with Crippen molar-refractivity contribution in [2.75, 3.05) is 19.8 Å². The lowest BCUT2D eigenvalue weighted by molar-refractivity contribution is -0.122. The molecule has 1 rings (SSSR count). The molecule has 0 aromatic heterocycles. The lowest BCUT2D eigenvalue weighted by Gasteiger charge is -2.11. The largest absolute Gasteiger partial charge is 0.370 e. The molecule has 0 fully saturated rings. The Hall–Kier alpha value is -1.39. The smallest absolute Gasteiger partial charge is 0.243 e. The maximum atomic E-state index is 10.4. The van der Waals surface area contributed by atoms with Crippen molar-refractivity contribution in [1.82, 2.24) is 5.32 Å². The van der Waals surface area contributed by atoms with Crippen LogP contribution in [0.25, 0.3) is 0 Å². The molecule has 1 aromatic carbocycles. The zero-order valence-corrected chi connectivity index (χ0v) is 11.4. The summed E-state index contributed by atoms with van der Waals surface area (Å²) in [5.74, 6) is -0.431. The Bertz CT molecular complexity index is 417. The van der Waals surface area contributed by atoms with Gasteiger partial charge in [-0.25, -0.2) is 0 Å². The summed E-state index contributed by atoms with van der Waals surface area (Å²) in [6.45, 7) is 8.36. The fraction of sp³-hybridized carbons (Fsp3) is 0.500. The fourth-order valence-electron chi connectivity index (χ4n) is 1.75. The molecule has 100 valence electrons. The van der Waals surface area contributed by atoms with Gasteiger partial charge in [0.25, 0.3) is 0 Å². The SMILES string of the molecule is Cc1cc(C)c(CNCCOCC(N)=O)cc1C. The number of amides is 1. The van der Waals surface area contributed by atoms with Crippen molar-refractivity contribution in [3.05, 3.63) is 34.4 Å². The minimum atomic E-state index is -0.431. The van der Waals surface area contributed by atoms with Gasteiger partial charge in [-0.3, -0.25) is 4.79 Å². The number of hydrogen-bond donors (Lipinski definition) is 2. The maximum Gasteiger partial charge on any atom is 0.243 e. The van der Waals surface area contributed by atoms with Gasteiger partial charge >= 0.3 is 0 Å². The third-order valence-electron chi connectivity index (χ3n) is 2.94. The number of hydrogen-bond acceptors (Lipinski definition) is 3. The van der Waals surface area contributed by atoms with Gasteiger partial charge in [0.2, 0.25) is 5.91 Å². The summed E-state index contributed by atoms with van der Waals surface area (Å²) in [5, 5.41) is 3.29. The van der Waals surface area contributed by atoms with Gasteiger partial charge in [0.05, 0.1) is 6.61 Å². The second kappa shape index (κ2) is 7.13. The number of carbonyl (C=O) groups excluding carboxylic acids is 1. The molecule has 3 N–H and O–H groups in total. The molecule has 18 heavy (non-hydrogen) atoms. The molecule has 0 unspecified atom stereocenters.